The van der Waals surface area contributed by atoms with Crippen LogP contribution < -0.4 is 16.2 Å². The van der Waals surface area contributed by atoms with E-state index >= 15 is 0 Å². The van der Waals surface area contributed by atoms with Gasteiger partial charge < -0.3 is 10.6 Å². The molecule has 0 saturated heterocycles. The molecule has 0 radical (unpaired) electrons. The predicted octanol–water partition coefficient (Wildman–Crippen LogP) is 4.74. The van der Waals surface area contributed by atoms with Crippen LogP contribution in [0.1, 0.15) is 46.8 Å². The summed E-state index contributed by atoms with van der Waals surface area (Å²) in [5.74, 6) is -0.0531. The Balaban J connectivity index is 1.56. The van der Waals surface area contributed by atoms with Gasteiger partial charge in [-0.05, 0) is 74.9 Å². The Labute approximate surface area is 198 Å². The number of carbonyl (C=O) groups excluding carboxylic acids is 1. The Morgan fingerprint density at radius 3 is 2.47 bits per heavy atom. The third-order valence-corrected chi connectivity index (χ3v) is 6.46. The molecule has 5 rings (SSSR count). The zero-order valence-electron chi connectivity index (χ0n) is 20.0. The summed E-state index contributed by atoms with van der Waals surface area (Å²) in [6, 6.07) is 12.0. The maximum absolute atomic E-state index is 13.4. The fraction of sp³-hybridized carbons (Fsp3) is 0.296. The summed E-state index contributed by atoms with van der Waals surface area (Å²) >= 11 is 0. The maximum Gasteiger partial charge on any atom is 0.277 e. The number of carbonyl (C=O) groups is 1. The van der Waals surface area contributed by atoms with Crippen molar-refractivity contribution in [1.29, 1.82) is 0 Å². The van der Waals surface area contributed by atoms with Gasteiger partial charge in [-0.1, -0.05) is 24.3 Å². The number of hydrogen-bond donors (Lipinski definition) is 2. The molecule has 7 heteroatoms. The minimum absolute atomic E-state index is 0.0531. The fourth-order valence-electron chi connectivity index (χ4n) is 4.44. The zero-order valence-corrected chi connectivity index (χ0v) is 20.0. The minimum Gasteiger partial charge on any atom is -0.353 e. The van der Waals surface area contributed by atoms with Crippen molar-refractivity contribution in [3.05, 3.63) is 81.4 Å². The van der Waals surface area contributed by atoms with Crippen LogP contribution in [0, 0.1) is 20.8 Å². The maximum atomic E-state index is 13.4. The van der Waals surface area contributed by atoms with Gasteiger partial charge in [-0.2, -0.15) is 0 Å². The van der Waals surface area contributed by atoms with E-state index in [1.54, 1.807) is 10.9 Å². The van der Waals surface area contributed by atoms with Gasteiger partial charge in [-0.3, -0.25) is 9.59 Å². The van der Waals surface area contributed by atoms with Crippen LogP contribution in [0.25, 0.3) is 16.8 Å². The number of anilines is 2. The van der Waals surface area contributed by atoms with Gasteiger partial charge in [0.05, 0.1) is 23.6 Å². The third-order valence-electron chi connectivity index (χ3n) is 6.46. The first-order valence-electron chi connectivity index (χ1n) is 11.7. The smallest absolute Gasteiger partial charge is 0.277 e. The highest BCUT2D eigenvalue weighted by atomic mass is 16.2. The van der Waals surface area contributed by atoms with Crippen molar-refractivity contribution in [3.8, 4) is 11.1 Å². The van der Waals surface area contributed by atoms with Crippen LogP contribution in [-0.4, -0.2) is 26.1 Å². The van der Waals surface area contributed by atoms with Crippen LogP contribution in [0.15, 0.2) is 53.6 Å². The van der Waals surface area contributed by atoms with Gasteiger partial charge in [0.1, 0.15) is 0 Å². The van der Waals surface area contributed by atoms with E-state index in [0.717, 1.165) is 46.5 Å². The second-order valence-corrected chi connectivity index (χ2v) is 9.08. The number of aryl methyl sites for hydroxylation is 4. The van der Waals surface area contributed by atoms with Crippen LogP contribution in [0.3, 0.4) is 0 Å². The van der Waals surface area contributed by atoms with E-state index in [1.807, 2.05) is 74.8 Å². The predicted molar refractivity (Wildman–Crippen MR) is 135 cm³/mol. The molecule has 1 aliphatic rings. The van der Waals surface area contributed by atoms with Crippen molar-refractivity contribution >= 4 is 22.9 Å². The summed E-state index contributed by atoms with van der Waals surface area (Å²) in [7, 11) is 0. The summed E-state index contributed by atoms with van der Waals surface area (Å²) in [5.41, 5.74) is 7.44. The van der Waals surface area contributed by atoms with E-state index in [0.29, 0.717) is 29.4 Å². The highest BCUT2D eigenvalue weighted by molar-refractivity contribution is 5.96. The summed E-state index contributed by atoms with van der Waals surface area (Å²) in [4.78, 5) is 30.6. The third kappa shape index (κ3) is 3.87. The Kier molecular flexibility index (Phi) is 5.48. The molecule has 1 saturated carbocycles. The molecular weight excluding hydrogens is 426 g/mol. The molecule has 0 atom stereocenters. The van der Waals surface area contributed by atoms with Gasteiger partial charge in [0.15, 0.2) is 5.65 Å². The first-order valence-corrected chi connectivity index (χ1v) is 11.7. The molecule has 7 nitrogen and oxygen atoms in total. The minimum atomic E-state index is -0.0560. The first kappa shape index (κ1) is 21.9. The summed E-state index contributed by atoms with van der Waals surface area (Å²) in [5, 5.41) is 6.42. The standard InChI is InChI=1S/C27H29N5O2/c1-5-31-27(34)24(23-17(3)7-6-8-18(23)4)25-28-14-21(15-32(25)31)29-22-13-19(10-9-16(22)2)26(33)30-20-11-12-20/h6-10,13-15,20,29H,5,11-12H2,1-4H3,(H,30,33). The average Bonchev–Trinajstić information content (AvgIpc) is 3.58. The lowest BCUT2D eigenvalue weighted by Gasteiger charge is -2.13. The molecule has 2 N–H and O–H groups in total. The quantitative estimate of drug-likeness (QED) is 0.440. The van der Waals surface area contributed by atoms with E-state index in [-0.39, 0.29) is 11.5 Å². The Bertz CT molecular complexity index is 1460. The molecular formula is C27H29N5O2. The number of fused-ring (bicyclic) bond motifs is 1. The van der Waals surface area contributed by atoms with Crippen LogP contribution in [-0.2, 0) is 6.54 Å². The normalized spacial score (nSPS) is 13.3. The van der Waals surface area contributed by atoms with Crippen molar-refractivity contribution in [2.75, 3.05) is 5.32 Å². The SMILES string of the molecule is CCn1c(=O)c(-c2c(C)cccc2C)c2ncc(Nc3cc(C(=O)NC4CC4)ccc3C)cn21. The number of hydrogen-bond acceptors (Lipinski definition) is 4. The molecule has 0 aliphatic heterocycles. The fourth-order valence-corrected chi connectivity index (χ4v) is 4.44. The molecule has 1 fully saturated rings. The lowest BCUT2D eigenvalue weighted by molar-refractivity contribution is 0.0951. The molecule has 2 aromatic carbocycles. The van der Waals surface area contributed by atoms with Crippen LogP contribution in [0.2, 0.25) is 0 Å². The van der Waals surface area contributed by atoms with Crippen LogP contribution in [0.5, 0.6) is 0 Å². The molecule has 4 aromatic rings. The van der Waals surface area contributed by atoms with Gasteiger partial charge in [0, 0.05) is 23.8 Å². The molecule has 0 spiro atoms. The van der Waals surface area contributed by atoms with E-state index < -0.39 is 0 Å². The number of nitrogens with zero attached hydrogens (tertiary/aromatic N) is 3. The number of amides is 1. The van der Waals surface area contributed by atoms with E-state index in [2.05, 4.69) is 10.6 Å². The lowest BCUT2D eigenvalue weighted by Crippen LogP contribution is -2.25. The molecule has 1 aliphatic carbocycles. The van der Waals surface area contributed by atoms with Gasteiger partial charge in [0.2, 0.25) is 0 Å². The van der Waals surface area contributed by atoms with Crippen LogP contribution >= 0.6 is 0 Å². The van der Waals surface area contributed by atoms with Crippen LogP contribution in [0.4, 0.5) is 11.4 Å². The van der Waals surface area contributed by atoms with E-state index in [4.69, 9.17) is 4.98 Å². The van der Waals surface area contributed by atoms with Crippen molar-refractivity contribution in [1.82, 2.24) is 19.5 Å². The summed E-state index contributed by atoms with van der Waals surface area (Å²) < 4.78 is 3.52. The number of nitrogens with one attached hydrogen (secondary N) is 2. The highest BCUT2D eigenvalue weighted by Gasteiger charge is 2.24. The highest BCUT2D eigenvalue weighted by Crippen LogP contribution is 2.29. The molecule has 2 heterocycles. The molecule has 1 amide bonds. The summed E-state index contributed by atoms with van der Waals surface area (Å²) in [6.07, 6.45) is 5.73. The second kappa shape index (κ2) is 8.48. The lowest BCUT2D eigenvalue weighted by atomic mass is 9.97. The zero-order chi connectivity index (χ0) is 24.0. The van der Waals surface area contributed by atoms with Crippen molar-refractivity contribution in [2.45, 2.75) is 53.1 Å². The molecule has 0 unspecified atom stereocenters. The average molecular weight is 456 g/mol. The summed E-state index contributed by atoms with van der Waals surface area (Å²) in [6.45, 7) is 8.51. The number of benzene rings is 2. The molecule has 2 aromatic heterocycles. The van der Waals surface area contributed by atoms with Crippen molar-refractivity contribution in [2.24, 2.45) is 0 Å². The molecule has 0 bridgehead atoms. The Morgan fingerprint density at radius 1 is 1.06 bits per heavy atom. The monoisotopic (exact) mass is 455 g/mol. The van der Waals surface area contributed by atoms with E-state index in [9.17, 15) is 9.59 Å². The Hall–Kier alpha value is -3.87. The number of rotatable bonds is 6. The topological polar surface area (TPSA) is 80.4 Å². The molecule has 174 valence electrons. The van der Waals surface area contributed by atoms with E-state index in [1.165, 1.54) is 0 Å². The Morgan fingerprint density at radius 2 is 1.79 bits per heavy atom. The second-order valence-electron chi connectivity index (χ2n) is 9.08. The van der Waals surface area contributed by atoms with Crippen molar-refractivity contribution < 1.29 is 4.79 Å². The first-order chi connectivity index (χ1) is 16.4. The van der Waals surface area contributed by atoms with Gasteiger partial charge in [-0.15, -0.1) is 0 Å². The van der Waals surface area contributed by atoms with Gasteiger partial charge in [0.25, 0.3) is 11.5 Å². The van der Waals surface area contributed by atoms with Gasteiger partial charge >= 0.3 is 0 Å². The number of aromatic nitrogens is 3. The van der Waals surface area contributed by atoms with Crippen molar-refractivity contribution in [3.63, 3.8) is 0 Å². The largest absolute Gasteiger partial charge is 0.353 e. The molecule has 34 heavy (non-hydrogen) atoms. The van der Waals surface area contributed by atoms with Gasteiger partial charge in [-0.25, -0.2) is 14.2 Å².